The van der Waals surface area contributed by atoms with Crippen molar-refractivity contribution in [1.82, 2.24) is 24.4 Å². The highest BCUT2D eigenvalue weighted by Gasteiger charge is 2.24. The molecule has 7 heteroatoms. The summed E-state index contributed by atoms with van der Waals surface area (Å²) in [5.74, 6) is -0.0292. The minimum atomic E-state index is -0.261. The fourth-order valence-electron chi connectivity index (χ4n) is 5.15. The van der Waals surface area contributed by atoms with Crippen LogP contribution < -0.4 is 10.9 Å². The molecule has 0 saturated heterocycles. The van der Waals surface area contributed by atoms with Crippen LogP contribution in [-0.4, -0.2) is 50.2 Å². The molecule has 0 aliphatic heterocycles. The summed E-state index contributed by atoms with van der Waals surface area (Å²) in [6.45, 7) is 8.11. The Hall–Kier alpha value is -2.67. The fourth-order valence-corrected chi connectivity index (χ4v) is 5.15. The van der Waals surface area contributed by atoms with E-state index in [0.29, 0.717) is 24.3 Å². The van der Waals surface area contributed by atoms with E-state index in [0.717, 1.165) is 29.6 Å². The van der Waals surface area contributed by atoms with Crippen LogP contribution in [0.15, 0.2) is 35.1 Å². The quantitative estimate of drug-likeness (QED) is 0.585. The second kappa shape index (κ2) is 9.86. The van der Waals surface area contributed by atoms with E-state index in [-0.39, 0.29) is 18.0 Å². The first kappa shape index (κ1) is 22.5. The highest BCUT2D eigenvalue weighted by molar-refractivity contribution is 5.93. The lowest BCUT2D eigenvalue weighted by atomic mass is 9.93. The third-order valence-electron chi connectivity index (χ3n) is 6.93. The maximum Gasteiger partial charge on any atom is 0.273 e. The number of para-hydroxylation sites is 1. The standard InChI is InChI=1S/C25H35N5O2/c1-4-18(2)28(20-10-6-5-7-11-20)15-14-26-24(32)17-29-22-13-9-8-12-21(22)25-27-23(31)16-19(3)30(25)29/h8-9,12-13,16,18,20H,4-7,10-11,14-15,17H2,1-3H3,(H,26,32)/t18-/m0/s1. The molecule has 0 unspecified atom stereocenters. The molecule has 172 valence electrons. The SMILES string of the molecule is CC[C@H](C)N(CCNC(=O)Cn1c2ccccc2c2nc(=O)cc(C)n21)C1CCCCC1. The van der Waals surface area contributed by atoms with Gasteiger partial charge in [0.15, 0.2) is 5.65 Å². The van der Waals surface area contributed by atoms with E-state index in [2.05, 4.69) is 29.0 Å². The summed E-state index contributed by atoms with van der Waals surface area (Å²) in [5, 5.41) is 4.01. The molecule has 1 fully saturated rings. The number of rotatable bonds is 8. The van der Waals surface area contributed by atoms with Crippen LogP contribution in [0.2, 0.25) is 0 Å². The number of benzene rings is 1. The van der Waals surface area contributed by atoms with Gasteiger partial charge in [-0.2, -0.15) is 4.98 Å². The number of nitrogens with one attached hydrogen (secondary N) is 1. The number of hydrogen-bond acceptors (Lipinski definition) is 4. The molecule has 0 spiro atoms. The molecule has 1 aliphatic carbocycles. The molecule has 4 rings (SSSR count). The van der Waals surface area contributed by atoms with Crippen LogP contribution in [0.3, 0.4) is 0 Å². The molecule has 2 heterocycles. The van der Waals surface area contributed by atoms with Crippen molar-refractivity contribution >= 4 is 22.5 Å². The topological polar surface area (TPSA) is 71.6 Å². The molecule has 1 amide bonds. The van der Waals surface area contributed by atoms with Crippen LogP contribution in [0.25, 0.3) is 16.6 Å². The van der Waals surface area contributed by atoms with Gasteiger partial charge in [-0.05, 0) is 45.2 Å². The van der Waals surface area contributed by atoms with E-state index in [1.54, 1.807) is 0 Å². The summed E-state index contributed by atoms with van der Waals surface area (Å²) in [5.41, 5.74) is 2.00. The zero-order chi connectivity index (χ0) is 22.7. The Morgan fingerprint density at radius 3 is 2.75 bits per heavy atom. The Bertz CT molecular complexity index is 1140. The van der Waals surface area contributed by atoms with Gasteiger partial charge in [-0.3, -0.25) is 19.2 Å². The maximum absolute atomic E-state index is 12.9. The number of carbonyl (C=O) groups excluding carboxylic acids is 1. The Morgan fingerprint density at radius 1 is 1.25 bits per heavy atom. The summed E-state index contributed by atoms with van der Waals surface area (Å²) in [6.07, 6.45) is 7.63. The van der Waals surface area contributed by atoms with Gasteiger partial charge in [0, 0.05) is 42.3 Å². The molecule has 1 aromatic carbocycles. The lowest BCUT2D eigenvalue weighted by Gasteiger charge is -2.38. The monoisotopic (exact) mass is 437 g/mol. The highest BCUT2D eigenvalue weighted by atomic mass is 16.2. The molecular weight excluding hydrogens is 402 g/mol. The Balaban J connectivity index is 1.48. The Kier molecular flexibility index (Phi) is 6.94. The first-order valence-corrected chi connectivity index (χ1v) is 12.0. The first-order valence-electron chi connectivity index (χ1n) is 12.0. The van der Waals surface area contributed by atoms with Gasteiger partial charge in [0.25, 0.3) is 5.56 Å². The number of nitrogens with zero attached hydrogens (tertiary/aromatic N) is 4. The predicted octanol–water partition coefficient (Wildman–Crippen LogP) is 3.51. The van der Waals surface area contributed by atoms with Crippen molar-refractivity contribution in [3.05, 3.63) is 46.4 Å². The molecule has 1 saturated carbocycles. The van der Waals surface area contributed by atoms with Crippen molar-refractivity contribution in [2.75, 3.05) is 13.1 Å². The van der Waals surface area contributed by atoms with Crippen LogP contribution in [0.5, 0.6) is 0 Å². The van der Waals surface area contributed by atoms with E-state index >= 15 is 0 Å². The predicted molar refractivity (Wildman–Crippen MR) is 128 cm³/mol. The van der Waals surface area contributed by atoms with E-state index in [9.17, 15) is 9.59 Å². The number of fused-ring (bicyclic) bond motifs is 3. The first-order chi connectivity index (χ1) is 15.5. The maximum atomic E-state index is 12.9. The number of aryl methyl sites for hydroxylation is 1. The van der Waals surface area contributed by atoms with Crippen molar-refractivity contribution < 1.29 is 4.79 Å². The van der Waals surface area contributed by atoms with Crippen molar-refractivity contribution in [3.63, 3.8) is 0 Å². The van der Waals surface area contributed by atoms with Gasteiger partial charge in [0.05, 0.1) is 5.52 Å². The van der Waals surface area contributed by atoms with Crippen LogP contribution in [0.1, 0.15) is 58.1 Å². The summed E-state index contributed by atoms with van der Waals surface area (Å²) in [6, 6.07) is 10.5. The number of carbonyl (C=O) groups is 1. The smallest absolute Gasteiger partial charge is 0.273 e. The molecule has 3 aromatic rings. The summed E-state index contributed by atoms with van der Waals surface area (Å²) in [7, 11) is 0. The largest absolute Gasteiger partial charge is 0.353 e. The Morgan fingerprint density at radius 2 is 2.00 bits per heavy atom. The molecular formula is C25H35N5O2. The Labute approximate surface area is 189 Å². The summed E-state index contributed by atoms with van der Waals surface area (Å²) < 4.78 is 3.79. The van der Waals surface area contributed by atoms with Gasteiger partial charge in [-0.15, -0.1) is 0 Å². The van der Waals surface area contributed by atoms with Crippen molar-refractivity contribution in [3.8, 4) is 0 Å². The number of hydrogen-bond donors (Lipinski definition) is 1. The molecule has 1 atom stereocenters. The van der Waals surface area contributed by atoms with Gasteiger partial charge in [0.1, 0.15) is 6.54 Å². The zero-order valence-electron chi connectivity index (χ0n) is 19.5. The van der Waals surface area contributed by atoms with Gasteiger partial charge in [-0.1, -0.05) is 38.3 Å². The van der Waals surface area contributed by atoms with Gasteiger partial charge in [0.2, 0.25) is 5.91 Å². The average molecular weight is 438 g/mol. The van der Waals surface area contributed by atoms with Gasteiger partial charge < -0.3 is 5.32 Å². The normalized spacial score (nSPS) is 16.1. The van der Waals surface area contributed by atoms with Crippen LogP contribution in [0.4, 0.5) is 0 Å². The minimum absolute atomic E-state index is 0.0292. The van der Waals surface area contributed by atoms with Crippen molar-refractivity contribution in [2.45, 2.75) is 77.9 Å². The lowest BCUT2D eigenvalue weighted by molar-refractivity contribution is -0.121. The summed E-state index contributed by atoms with van der Waals surface area (Å²) in [4.78, 5) is 31.7. The fraction of sp³-hybridized carbons (Fsp3) is 0.560. The third-order valence-corrected chi connectivity index (χ3v) is 6.93. The second-order valence-corrected chi connectivity index (χ2v) is 9.08. The van der Waals surface area contributed by atoms with Crippen LogP contribution in [-0.2, 0) is 11.3 Å². The zero-order valence-corrected chi connectivity index (χ0v) is 19.5. The van der Waals surface area contributed by atoms with E-state index in [1.165, 1.54) is 38.2 Å². The molecule has 1 aliphatic rings. The number of aromatic nitrogens is 3. The third kappa shape index (κ3) is 4.58. The van der Waals surface area contributed by atoms with E-state index in [1.807, 2.05) is 40.4 Å². The molecule has 32 heavy (non-hydrogen) atoms. The molecule has 0 bridgehead atoms. The van der Waals surface area contributed by atoms with Crippen molar-refractivity contribution in [2.24, 2.45) is 0 Å². The minimum Gasteiger partial charge on any atom is -0.353 e. The molecule has 1 N–H and O–H groups in total. The molecule has 0 radical (unpaired) electrons. The highest BCUT2D eigenvalue weighted by Crippen LogP contribution is 2.25. The average Bonchev–Trinajstić information content (AvgIpc) is 3.10. The van der Waals surface area contributed by atoms with E-state index < -0.39 is 0 Å². The second-order valence-electron chi connectivity index (χ2n) is 9.08. The van der Waals surface area contributed by atoms with Crippen molar-refractivity contribution in [1.29, 1.82) is 0 Å². The lowest BCUT2D eigenvalue weighted by Crippen LogP contribution is -2.46. The molecule has 2 aromatic heterocycles. The van der Waals surface area contributed by atoms with Gasteiger partial charge in [-0.25, -0.2) is 4.52 Å². The van der Waals surface area contributed by atoms with E-state index in [4.69, 9.17) is 0 Å². The van der Waals surface area contributed by atoms with Crippen LogP contribution in [0, 0.1) is 6.92 Å². The van der Waals surface area contributed by atoms with Crippen LogP contribution >= 0.6 is 0 Å². The van der Waals surface area contributed by atoms with Gasteiger partial charge >= 0.3 is 0 Å². The summed E-state index contributed by atoms with van der Waals surface area (Å²) >= 11 is 0. The number of amides is 1. The molecule has 7 nitrogen and oxygen atoms in total.